The molecule has 1 aromatic carbocycles. The number of carbonyl (C=O) groups excluding carboxylic acids is 1. The summed E-state index contributed by atoms with van der Waals surface area (Å²) >= 11 is 0. The number of sulfonamides is 1. The van der Waals surface area contributed by atoms with Crippen molar-refractivity contribution >= 4 is 16.0 Å². The molecule has 1 aromatic rings. The third kappa shape index (κ3) is 5.40. The van der Waals surface area contributed by atoms with Crippen LogP contribution in [0.1, 0.15) is 42.6 Å². The molecule has 1 rings (SSSR count). The Balaban J connectivity index is 2.79. The zero-order valence-electron chi connectivity index (χ0n) is 13.3. The lowest BCUT2D eigenvalue weighted by molar-refractivity contribution is 0.0600. The molecule has 0 radical (unpaired) electrons. The smallest absolute Gasteiger partial charge is 0.337 e. The molecule has 0 unspecified atom stereocenters. The Morgan fingerprint density at radius 3 is 2.50 bits per heavy atom. The van der Waals surface area contributed by atoms with Crippen LogP contribution in [-0.2, 0) is 20.5 Å². The molecule has 0 spiro atoms. The first-order valence-electron chi connectivity index (χ1n) is 7.18. The summed E-state index contributed by atoms with van der Waals surface area (Å²) in [6, 6.07) is 6.37. The largest absolute Gasteiger partial charge is 0.465 e. The summed E-state index contributed by atoms with van der Waals surface area (Å²) in [6.45, 7) is 4.05. The number of hydrogen-bond donors (Lipinski definition) is 2. The van der Waals surface area contributed by atoms with Crippen LogP contribution in [0.2, 0.25) is 0 Å². The number of hydrogen-bond acceptors (Lipinski definition) is 5. The van der Waals surface area contributed by atoms with Gasteiger partial charge in [0.15, 0.2) is 0 Å². The molecule has 0 saturated carbocycles. The SMILES string of the molecule is CCC(N)(CC)CNS(=O)(=O)Cc1cccc(C(=O)OC)c1. The first-order valence-corrected chi connectivity index (χ1v) is 8.84. The van der Waals surface area contributed by atoms with E-state index >= 15 is 0 Å². The lowest BCUT2D eigenvalue weighted by Gasteiger charge is -2.26. The monoisotopic (exact) mass is 328 g/mol. The van der Waals surface area contributed by atoms with Gasteiger partial charge in [-0.25, -0.2) is 17.9 Å². The Hall–Kier alpha value is -1.44. The molecule has 124 valence electrons. The zero-order valence-corrected chi connectivity index (χ0v) is 14.1. The summed E-state index contributed by atoms with van der Waals surface area (Å²) in [5.41, 5.74) is 6.39. The Morgan fingerprint density at radius 1 is 1.32 bits per heavy atom. The molecule has 22 heavy (non-hydrogen) atoms. The summed E-state index contributed by atoms with van der Waals surface area (Å²) in [5.74, 6) is -0.702. The van der Waals surface area contributed by atoms with Crippen LogP contribution in [-0.4, -0.2) is 33.6 Å². The molecule has 6 nitrogen and oxygen atoms in total. The van der Waals surface area contributed by atoms with Crippen LogP contribution < -0.4 is 10.5 Å². The van der Waals surface area contributed by atoms with E-state index in [-0.39, 0.29) is 12.3 Å². The van der Waals surface area contributed by atoms with Gasteiger partial charge >= 0.3 is 5.97 Å². The summed E-state index contributed by atoms with van der Waals surface area (Å²) in [5, 5.41) is 0. The minimum atomic E-state index is -3.52. The fraction of sp³-hybridized carbons (Fsp3) is 0.533. The Labute approximate surface area is 132 Å². The zero-order chi connectivity index (χ0) is 16.8. The van der Waals surface area contributed by atoms with E-state index in [0.29, 0.717) is 24.0 Å². The van der Waals surface area contributed by atoms with Gasteiger partial charge in [-0.15, -0.1) is 0 Å². The molecule has 0 fully saturated rings. The highest BCUT2D eigenvalue weighted by Crippen LogP contribution is 2.12. The minimum absolute atomic E-state index is 0.193. The number of rotatable bonds is 8. The van der Waals surface area contributed by atoms with E-state index in [4.69, 9.17) is 5.73 Å². The number of benzene rings is 1. The van der Waals surface area contributed by atoms with Crippen molar-refractivity contribution in [2.75, 3.05) is 13.7 Å². The molecule has 0 aliphatic carbocycles. The van der Waals surface area contributed by atoms with E-state index in [1.54, 1.807) is 18.2 Å². The molecule has 0 saturated heterocycles. The van der Waals surface area contributed by atoms with Gasteiger partial charge in [-0.05, 0) is 30.5 Å². The molecule has 0 amide bonds. The van der Waals surface area contributed by atoms with Crippen molar-refractivity contribution in [2.45, 2.75) is 38.0 Å². The topological polar surface area (TPSA) is 98.5 Å². The van der Waals surface area contributed by atoms with Gasteiger partial charge in [-0.2, -0.15) is 0 Å². The van der Waals surface area contributed by atoms with Gasteiger partial charge in [-0.1, -0.05) is 26.0 Å². The van der Waals surface area contributed by atoms with Gasteiger partial charge in [-0.3, -0.25) is 0 Å². The standard InChI is InChI=1S/C15H24N2O4S/c1-4-15(16,5-2)11-17-22(19,20)10-12-7-6-8-13(9-12)14(18)21-3/h6-9,17H,4-5,10-11,16H2,1-3H3. The molecular weight excluding hydrogens is 304 g/mol. The molecule has 3 N–H and O–H groups in total. The number of nitrogens with two attached hydrogens (primary N) is 1. The van der Waals surface area contributed by atoms with Crippen LogP contribution in [0.15, 0.2) is 24.3 Å². The van der Waals surface area contributed by atoms with Gasteiger partial charge in [0.05, 0.1) is 18.4 Å². The summed E-state index contributed by atoms with van der Waals surface area (Å²) < 4.78 is 31.5. The van der Waals surface area contributed by atoms with E-state index in [0.717, 1.165) is 0 Å². The van der Waals surface area contributed by atoms with Crippen LogP contribution in [0.25, 0.3) is 0 Å². The van der Waals surface area contributed by atoms with Gasteiger partial charge in [0.2, 0.25) is 10.0 Å². The summed E-state index contributed by atoms with van der Waals surface area (Å²) in [7, 11) is -2.24. The number of methoxy groups -OCH3 is 1. The van der Waals surface area contributed by atoms with E-state index in [2.05, 4.69) is 9.46 Å². The van der Waals surface area contributed by atoms with Gasteiger partial charge in [0.25, 0.3) is 0 Å². The van der Waals surface area contributed by atoms with Crippen LogP contribution in [0, 0.1) is 0 Å². The molecule has 0 heterocycles. The predicted molar refractivity (Wildman–Crippen MR) is 85.9 cm³/mol. The minimum Gasteiger partial charge on any atom is -0.465 e. The number of esters is 1. The number of nitrogens with one attached hydrogen (secondary N) is 1. The average molecular weight is 328 g/mol. The molecule has 7 heteroatoms. The second kappa shape index (κ2) is 7.71. The van der Waals surface area contributed by atoms with Crippen molar-refractivity contribution in [2.24, 2.45) is 5.73 Å². The van der Waals surface area contributed by atoms with Crippen LogP contribution in [0.4, 0.5) is 0 Å². The summed E-state index contributed by atoms with van der Waals surface area (Å²) in [6.07, 6.45) is 1.37. The molecule has 0 aliphatic rings. The fourth-order valence-corrected chi connectivity index (χ4v) is 3.16. The van der Waals surface area contributed by atoms with Crippen molar-refractivity contribution in [1.29, 1.82) is 0 Å². The molecular formula is C15H24N2O4S. The normalized spacial score (nSPS) is 12.2. The second-order valence-corrected chi connectivity index (χ2v) is 7.15. The quantitative estimate of drug-likeness (QED) is 0.703. The van der Waals surface area contributed by atoms with E-state index in [1.165, 1.54) is 13.2 Å². The first kappa shape index (κ1) is 18.6. The molecule has 0 atom stereocenters. The third-order valence-corrected chi connectivity index (χ3v) is 5.05. The van der Waals surface area contributed by atoms with E-state index in [1.807, 2.05) is 13.8 Å². The molecule has 0 aliphatic heterocycles. The highest BCUT2D eigenvalue weighted by molar-refractivity contribution is 7.88. The number of ether oxygens (including phenoxy) is 1. The van der Waals surface area contributed by atoms with E-state index in [9.17, 15) is 13.2 Å². The van der Waals surface area contributed by atoms with Crippen LogP contribution in [0.3, 0.4) is 0 Å². The van der Waals surface area contributed by atoms with Crippen molar-refractivity contribution in [3.05, 3.63) is 35.4 Å². The van der Waals surface area contributed by atoms with Crippen molar-refractivity contribution in [3.8, 4) is 0 Å². The maximum atomic E-state index is 12.1. The maximum Gasteiger partial charge on any atom is 0.337 e. The average Bonchev–Trinajstić information content (AvgIpc) is 2.51. The highest BCUT2D eigenvalue weighted by atomic mass is 32.2. The second-order valence-electron chi connectivity index (χ2n) is 5.34. The summed E-state index contributed by atoms with van der Waals surface area (Å²) in [4.78, 5) is 11.5. The van der Waals surface area contributed by atoms with Gasteiger partial charge in [0, 0.05) is 12.1 Å². The van der Waals surface area contributed by atoms with Crippen LogP contribution >= 0.6 is 0 Å². The first-order chi connectivity index (χ1) is 10.2. The Bertz CT molecular complexity index is 610. The lowest BCUT2D eigenvalue weighted by Crippen LogP contribution is -2.49. The highest BCUT2D eigenvalue weighted by Gasteiger charge is 2.23. The van der Waals surface area contributed by atoms with Crippen molar-refractivity contribution in [3.63, 3.8) is 0 Å². The van der Waals surface area contributed by atoms with Crippen molar-refractivity contribution in [1.82, 2.24) is 4.72 Å². The fourth-order valence-electron chi connectivity index (χ4n) is 1.93. The molecule has 0 aromatic heterocycles. The maximum absolute atomic E-state index is 12.1. The Kier molecular flexibility index (Phi) is 6.52. The predicted octanol–water partition coefficient (Wildman–Crippen LogP) is 1.41. The number of carbonyl (C=O) groups is 1. The third-order valence-electron chi connectivity index (χ3n) is 3.76. The van der Waals surface area contributed by atoms with Crippen molar-refractivity contribution < 1.29 is 17.9 Å². The van der Waals surface area contributed by atoms with E-state index < -0.39 is 21.5 Å². The van der Waals surface area contributed by atoms with Gasteiger partial charge in [0.1, 0.15) is 0 Å². The molecule has 0 bridgehead atoms. The lowest BCUT2D eigenvalue weighted by atomic mass is 9.95. The Morgan fingerprint density at radius 2 is 1.95 bits per heavy atom. The van der Waals surface area contributed by atoms with Crippen LogP contribution in [0.5, 0.6) is 0 Å². The van der Waals surface area contributed by atoms with Gasteiger partial charge < -0.3 is 10.5 Å².